The minimum absolute atomic E-state index is 0.732. The Morgan fingerprint density at radius 2 is 1.72 bits per heavy atom. The van der Waals surface area contributed by atoms with Gasteiger partial charge in [-0.2, -0.15) is 5.10 Å². The van der Waals surface area contributed by atoms with Gasteiger partial charge in [0.05, 0.1) is 11.7 Å². The number of benzene rings is 3. The second-order valence-corrected chi connectivity index (χ2v) is 8.33. The molecule has 1 aromatic heterocycles. The Hall–Kier alpha value is -3.92. The van der Waals surface area contributed by atoms with Crippen molar-refractivity contribution in [2.45, 2.75) is 19.3 Å². The molecule has 0 spiro atoms. The Morgan fingerprint density at radius 3 is 2.44 bits per heavy atom. The molecule has 0 saturated heterocycles. The van der Waals surface area contributed by atoms with E-state index in [9.17, 15) is 4.79 Å². The SMILES string of the molecule is O=C(O)/C=C/c1ccc(/C(=C(/CC2CC2)c2ccccc2)c2ccc3[nH]ncc3c2)cc1. The average Bonchev–Trinajstić information content (AvgIpc) is 3.52. The molecule has 158 valence electrons. The van der Waals surface area contributed by atoms with Crippen LogP contribution < -0.4 is 0 Å². The van der Waals surface area contributed by atoms with Gasteiger partial charge in [0.1, 0.15) is 0 Å². The van der Waals surface area contributed by atoms with Crippen molar-refractivity contribution in [1.29, 1.82) is 0 Å². The fraction of sp³-hybridized carbons (Fsp3) is 0.143. The van der Waals surface area contributed by atoms with E-state index < -0.39 is 5.97 Å². The molecule has 2 N–H and O–H groups in total. The van der Waals surface area contributed by atoms with Gasteiger partial charge < -0.3 is 5.11 Å². The van der Waals surface area contributed by atoms with Crippen LogP contribution in [0.2, 0.25) is 0 Å². The van der Waals surface area contributed by atoms with E-state index in [2.05, 4.69) is 70.9 Å². The third kappa shape index (κ3) is 4.40. The molecule has 5 rings (SSSR count). The van der Waals surface area contributed by atoms with E-state index in [-0.39, 0.29) is 0 Å². The summed E-state index contributed by atoms with van der Waals surface area (Å²) in [6.07, 6.45) is 8.26. The minimum atomic E-state index is -0.945. The number of aromatic amines is 1. The standard InChI is InChI=1S/C28H24N2O2/c31-27(32)15-10-19-8-11-22(12-9-19)28(23-13-14-26-24(17-23)18-29-30-26)25(16-20-6-7-20)21-4-2-1-3-5-21/h1-5,8-15,17-18,20H,6-7,16H2,(H,29,30)(H,31,32)/b15-10+,28-25+. The van der Waals surface area contributed by atoms with Crippen molar-refractivity contribution in [2.75, 3.05) is 0 Å². The first-order valence-corrected chi connectivity index (χ1v) is 10.9. The molecule has 4 aromatic rings. The van der Waals surface area contributed by atoms with Crippen molar-refractivity contribution in [3.63, 3.8) is 0 Å². The number of carboxylic acid groups (broad SMARTS) is 1. The fourth-order valence-electron chi connectivity index (χ4n) is 4.16. The molecule has 1 aliphatic rings. The van der Waals surface area contributed by atoms with Crippen LogP contribution in [0.4, 0.5) is 0 Å². The molecule has 0 unspecified atom stereocenters. The van der Waals surface area contributed by atoms with Crippen LogP contribution in [0, 0.1) is 5.92 Å². The second-order valence-electron chi connectivity index (χ2n) is 8.33. The molecule has 1 aliphatic carbocycles. The van der Waals surface area contributed by atoms with Crippen molar-refractivity contribution in [1.82, 2.24) is 10.2 Å². The number of hydrogen-bond acceptors (Lipinski definition) is 2. The molecule has 32 heavy (non-hydrogen) atoms. The van der Waals surface area contributed by atoms with E-state index in [1.54, 1.807) is 6.08 Å². The number of fused-ring (bicyclic) bond motifs is 1. The highest BCUT2D eigenvalue weighted by atomic mass is 16.4. The van der Waals surface area contributed by atoms with E-state index in [1.165, 1.54) is 35.6 Å². The highest BCUT2D eigenvalue weighted by Crippen LogP contribution is 2.43. The van der Waals surface area contributed by atoms with Gasteiger partial charge in [-0.1, -0.05) is 60.7 Å². The lowest BCUT2D eigenvalue weighted by molar-refractivity contribution is -0.131. The van der Waals surface area contributed by atoms with Gasteiger partial charge in [0.25, 0.3) is 0 Å². The monoisotopic (exact) mass is 420 g/mol. The van der Waals surface area contributed by atoms with Gasteiger partial charge in [-0.05, 0) is 76.8 Å². The van der Waals surface area contributed by atoms with Crippen molar-refractivity contribution < 1.29 is 9.90 Å². The summed E-state index contributed by atoms with van der Waals surface area (Å²) in [6, 6.07) is 25.2. The number of hydrogen-bond donors (Lipinski definition) is 2. The number of carbonyl (C=O) groups is 1. The lowest BCUT2D eigenvalue weighted by atomic mass is 9.86. The number of nitrogens with zero attached hydrogens (tertiary/aromatic N) is 1. The Balaban J connectivity index is 1.69. The summed E-state index contributed by atoms with van der Waals surface area (Å²) in [4.78, 5) is 10.9. The summed E-state index contributed by atoms with van der Waals surface area (Å²) in [6.45, 7) is 0. The maximum absolute atomic E-state index is 10.9. The minimum Gasteiger partial charge on any atom is -0.478 e. The highest BCUT2D eigenvalue weighted by molar-refractivity contribution is 6.00. The van der Waals surface area contributed by atoms with Crippen molar-refractivity contribution in [3.05, 3.63) is 107 Å². The van der Waals surface area contributed by atoms with Crippen molar-refractivity contribution in [2.24, 2.45) is 5.92 Å². The number of carboxylic acids is 1. The molecular formula is C28H24N2O2. The zero-order chi connectivity index (χ0) is 21.9. The Kier molecular flexibility index (Phi) is 5.42. The van der Waals surface area contributed by atoms with E-state index >= 15 is 0 Å². The number of rotatable bonds is 7. The smallest absolute Gasteiger partial charge is 0.328 e. The van der Waals surface area contributed by atoms with Gasteiger partial charge >= 0.3 is 5.97 Å². The van der Waals surface area contributed by atoms with Crippen LogP contribution in [0.3, 0.4) is 0 Å². The summed E-state index contributed by atoms with van der Waals surface area (Å²) in [5, 5.41) is 17.2. The Bertz CT molecular complexity index is 1310. The first-order chi connectivity index (χ1) is 15.7. The van der Waals surface area contributed by atoms with Gasteiger partial charge in [0.15, 0.2) is 0 Å². The quantitative estimate of drug-likeness (QED) is 0.268. The maximum atomic E-state index is 10.9. The number of aliphatic carboxylic acids is 1. The summed E-state index contributed by atoms with van der Waals surface area (Å²) in [5.41, 5.74) is 7.99. The van der Waals surface area contributed by atoms with Gasteiger partial charge in [-0.15, -0.1) is 0 Å². The molecule has 1 saturated carbocycles. The highest BCUT2D eigenvalue weighted by Gasteiger charge is 2.25. The molecule has 1 heterocycles. The maximum Gasteiger partial charge on any atom is 0.328 e. The summed E-state index contributed by atoms with van der Waals surface area (Å²) in [5.74, 6) is -0.213. The number of H-pyrrole nitrogens is 1. The van der Waals surface area contributed by atoms with Crippen LogP contribution in [-0.2, 0) is 4.79 Å². The largest absolute Gasteiger partial charge is 0.478 e. The van der Waals surface area contributed by atoms with Crippen molar-refractivity contribution in [3.8, 4) is 0 Å². The second kappa shape index (κ2) is 8.67. The molecule has 0 bridgehead atoms. The average molecular weight is 421 g/mol. The zero-order valence-electron chi connectivity index (χ0n) is 17.7. The van der Waals surface area contributed by atoms with Gasteiger partial charge in [0, 0.05) is 11.5 Å². The topological polar surface area (TPSA) is 66.0 Å². The Morgan fingerprint density at radius 1 is 0.969 bits per heavy atom. The molecular weight excluding hydrogens is 396 g/mol. The summed E-state index contributed by atoms with van der Waals surface area (Å²) < 4.78 is 0. The number of aromatic nitrogens is 2. The third-order valence-electron chi connectivity index (χ3n) is 5.96. The van der Waals surface area contributed by atoms with E-state index in [4.69, 9.17) is 5.11 Å². The van der Waals surface area contributed by atoms with Gasteiger partial charge in [-0.3, -0.25) is 5.10 Å². The normalized spacial score (nSPS) is 14.6. The van der Waals surface area contributed by atoms with Crippen LogP contribution in [0.5, 0.6) is 0 Å². The Labute approximate surface area is 186 Å². The molecule has 0 atom stereocenters. The predicted octanol–water partition coefficient (Wildman–Crippen LogP) is 6.42. The van der Waals surface area contributed by atoms with Crippen LogP contribution in [-0.4, -0.2) is 21.3 Å². The molecule has 0 aliphatic heterocycles. The van der Waals surface area contributed by atoms with E-state index in [1.807, 2.05) is 18.3 Å². The van der Waals surface area contributed by atoms with Crippen LogP contribution in [0.15, 0.2) is 85.1 Å². The third-order valence-corrected chi connectivity index (χ3v) is 5.96. The summed E-state index contributed by atoms with van der Waals surface area (Å²) >= 11 is 0. The van der Waals surface area contributed by atoms with Crippen LogP contribution >= 0.6 is 0 Å². The van der Waals surface area contributed by atoms with Gasteiger partial charge in [-0.25, -0.2) is 4.79 Å². The molecule has 4 nitrogen and oxygen atoms in total. The van der Waals surface area contributed by atoms with Crippen LogP contribution in [0.1, 0.15) is 41.5 Å². The number of nitrogens with one attached hydrogen (secondary N) is 1. The fourth-order valence-corrected chi connectivity index (χ4v) is 4.16. The molecule has 0 amide bonds. The first-order valence-electron chi connectivity index (χ1n) is 10.9. The molecule has 3 aromatic carbocycles. The van der Waals surface area contributed by atoms with E-state index in [0.717, 1.165) is 39.9 Å². The lowest BCUT2D eigenvalue weighted by Gasteiger charge is -2.18. The predicted molar refractivity (Wildman–Crippen MR) is 129 cm³/mol. The lowest BCUT2D eigenvalue weighted by Crippen LogP contribution is -1.97. The van der Waals surface area contributed by atoms with Gasteiger partial charge in [0.2, 0.25) is 0 Å². The molecule has 4 heteroatoms. The molecule has 0 radical (unpaired) electrons. The first kappa shape index (κ1) is 20.0. The van der Waals surface area contributed by atoms with Crippen LogP contribution in [0.25, 0.3) is 28.1 Å². The summed E-state index contributed by atoms with van der Waals surface area (Å²) in [7, 11) is 0. The zero-order valence-corrected chi connectivity index (χ0v) is 17.7. The number of allylic oxidation sites excluding steroid dienone is 1. The van der Waals surface area contributed by atoms with E-state index in [0.29, 0.717) is 0 Å². The molecule has 1 fully saturated rings. The van der Waals surface area contributed by atoms with Crippen molar-refractivity contribution >= 4 is 34.1 Å².